The van der Waals surface area contributed by atoms with E-state index in [1.54, 1.807) is 6.92 Å². The molecule has 0 heterocycles. The zero-order valence-electron chi connectivity index (χ0n) is 10.5. The Morgan fingerprint density at radius 2 is 1.75 bits per heavy atom. The third-order valence-corrected chi connectivity index (χ3v) is 2.06. The summed E-state index contributed by atoms with van der Waals surface area (Å²) in [6.45, 7) is 6.10. The van der Waals surface area contributed by atoms with Gasteiger partial charge in [-0.05, 0) is 12.8 Å². The molecule has 4 heteroatoms. The molecule has 0 aromatic carbocycles. The Kier molecular flexibility index (Phi) is 8.58. The van der Waals surface area contributed by atoms with Crippen molar-refractivity contribution in [3.8, 4) is 0 Å². The van der Waals surface area contributed by atoms with Gasteiger partial charge in [0.2, 0.25) is 0 Å². The van der Waals surface area contributed by atoms with Gasteiger partial charge < -0.3 is 9.47 Å². The molecule has 0 saturated carbocycles. The second-order valence-electron chi connectivity index (χ2n) is 3.68. The molecule has 0 amide bonds. The number of carbonyl (C=O) groups is 2. The van der Waals surface area contributed by atoms with Crippen LogP contribution in [-0.4, -0.2) is 24.6 Å². The van der Waals surface area contributed by atoms with Crippen molar-refractivity contribution in [2.45, 2.75) is 59.0 Å². The minimum atomic E-state index is -0.332. The summed E-state index contributed by atoms with van der Waals surface area (Å²) in [7, 11) is 0. The molecule has 16 heavy (non-hydrogen) atoms. The molecule has 0 aliphatic rings. The van der Waals surface area contributed by atoms with E-state index < -0.39 is 0 Å². The second-order valence-corrected chi connectivity index (χ2v) is 3.68. The molecular formula is C12H22O4. The van der Waals surface area contributed by atoms with E-state index in [2.05, 4.69) is 0 Å². The summed E-state index contributed by atoms with van der Waals surface area (Å²) in [5, 5.41) is 0. The Balaban J connectivity index is 4.00. The number of esters is 2. The van der Waals surface area contributed by atoms with Gasteiger partial charge in [-0.1, -0.05) is 27.2 Å². The van der Waals surface area contributed by atoms with Crippen molar-refractivity contribution in [3.05, 3.63) is 0 Å². The maximum Gasteiger partial charge on any atom is 0.309 e. The number of hydrogen-bond donors (Lipinski definition) is 0. The highest BCUT2D eigenvalue weighted by molar-refractivity contribution is 5.72. The number of hydrogen-bond acceptors (Lipinski definition) is 4. The quantitative estimate of drug-likeness (QED) is 0.601. The summed E-state index contributed by atoms with van der Waals surface area (Å²) in [4.78, 5) is 22.5. The fraction of sp³-hybridized carbons (Fsp3) is 0.833. The Hall–Kier alpha value is -1.06. The zero-order valence-corrected chi connectivity index (χ0v) is 10.5. The van der Waals surface area contributed by atoms with Gasteiger partial charge in [-0.2, -0.15) is 0 Å². The van der Waals surface area contributed by atoms with Gasteiger partial charge in [-0.25, -0.2) is 0 Å². The number of rotatable bonds is 8. The van der Waals surface area contributed by atoms with Crippen molar-refractivity contribution >= 4 is 11.9 Å². The van der Waals surface area contributed by atoms with Crippen molar-refractivity contribution < 1.29 is 19.1 Å². The maximum atomic E-state index is 11.3. The molecule has 0 radical (unpaired) electrons. The largest absolute Gasteiger partial charge is 0.466 e. The van der Waals surface area contributed by atoms with Crippen LogP contribution in [0.3, 0.4) is 0 Å². The molecular weight excluding hydrogens is 208 g/mol. The third-order valence-electron chi connectivity index (χ3n) is 2.06. The van der Waals surface area contributed by atoms with E-state index in [-0.39, 0.29) is 24.5 Å². The van der Waals surface area contributed by atoms with E-state index in [1.165, 1.54) is 0 Å². The highest BCUT2D eigenvalue weighted by Crippen LogP contribution is 2.09. The van der Waals surface area contributed by atoms with Crippen LogP contribution in [0.25, 0.3) is 0 Å². The lowest BCUT2D eigenvalue weighted by molar-refractivity contribution is -0.155. The number of carbonyl (C=O) groups excluding carboxylic acids is 2. The molecule has 0 spiro atoms. The summed E-state index contributed by atoms with van der Waals surface area (Å²) in [5.41, 5.74) is 0. The normalized spacial score (nSPS) is 11.9. The summed E-state index contributed by atoms with van der Waals surface area (Å²) in [5.74, 6) is -0.550. The van der Waals surface area contributed by atoms with Crippen LogP contribution >= 0.6 is 0 Å². The highest BCUT2D eigenvalue weighted by Gasteiger charge is 2.17. The van der Waals surface area contributed by atoms with Gasteiger partial charge in [-0.3, -0.25) is 9.59 Å². The molecule has 1 atom stereocenters. The monoisotopic (exact) mass is 230 g/mol. The lowest BCUT2D eigenvalue weighted by Crippen LogP contribution is -2.22. The van der Waals surface area contributed by atoms with E-state index in [9.17, 15) is 9.59 Å². The summed E-state index contributed by atoms with van der Waals surface area (Å²) < 4.78 is 10.1. The van der Waals surface area contributed by atoms with Gasteiger partial charge in [0.15, 0.2) is 0 Å². The van der Waals surface area contributed by atoms with Crippen LogP contribution < -0.4 is 0 Å². The van der Waals surface area contributed by atoms with Crippen LogP contribution in [0.5, 0.6) is 0 Å². The smallest absolute Gasteiger partial charge is 0.309 e. The molecule has 0 aliphatic heterocycles. The first-order chi connectivity index (χ1) is 7.63. The molecule has 0 bridgehead atoms. The van der Waals surface area contributed by atoms with Crippen molar-refractivity contribution in [1.82, 2.24) is 0 Å². The van der Waals surface area contributed by atoms with E-state index in [4.69, 9.17) is 9.47 Å². The van der Waals surface area contributed by atoms with Crippen molar-refractivity contribution in [2.75, 3.05) is 6.61 Å². The van der Waals surface area contributed by atoms with Gasteiger partial charge in [0.05, 0.1) is 13.0 Å². The van der Waals surface area contributed by atoms with Crippen LogP contribution in [0.2, 0.25) is 0 Å². The van der Waals surface area contributed by atoms with Crippen LogP contribution in [0, 0.1) is 0 Å². The maximum absolute atomic E-state index is 11.3. The minimum Gasteiger partial charge on any atom is -0.466 e. The molecule has 0 aliphatic carbocycles. The molecule has 0 aromatic rings. The van der Waals surface area contributed by atoms with E-state index in [1.807, 2.05) is 13.8 Å². The predicted molar refractivity (Wildman–Crippen MR) is 60.9 cm³/mol. The average Bonchev–Trinajstić information content (AvgIpc) is 2.26. The SMILES string of the molecule is CCCOC(=O)CC(CCC)OC(=O)CC. The zero-order chi connectivity index (χ0) is 12.4. The topological polar surface area (TPSA) is 52.6 Å². The van der Waals surface area contributed by atoms with Gasteiger partial charge in [0, 0.05) is 6.42 Å². The van der Waals surface area contributed by atoms with Crippen LogP contribution in [0.1, 0.15) is 52.9 Å². The Morgan fingerprint density at radius 3 is 2.25 bits per heavy atom. The van der Waals surface area contributed by atoms with Crippen LogP contribution in [0.4, 0.5) is 0 Å². The van der Waals surface area contributed by atoms with Gasteiger partial charge in [0.25, 0.3) is 0 Å². The van der Waals surface area contributed by atoms with E-state index in [0.29, 0.717) is 19.4 Å². The first kappa shape index (κ1) is 14.9. The van der Waals surface area contributed by atoms with Gasteiger partial charge in [-0.15, -0.1) is 0 Å². The fourth-order valence-electron chi connectivity index (χ4n) is 1.25. The van der Waals surface area contributed by atoms with Crippen LogP contribution in [-0.2, 0) is 19.1 Å². The third kappa shape index (κ3) is 7.26. The second kappa shape index (κ2) is 9.19. The first-order valence-corrected chi connectivity index (χ1v) is 5.99. The summed E-state index contributed by atoms with van der Waals surface area (Å²) >= 11 is 0. The lowest BCUT2D eigenvalue weighted by atomic mass is 10.1. The lowest BCUT2D eigenvalue weighted by Gasteiger charge is -2.16. The van der Waals surface area contributed by atoms with E-state index in [0.717, 1.165) is 12.8 Å². The average molecular weight is 230 g/mol. The van der Waals surface area contributed by atoms with Crippen molar-refractivity contribution in [2.24, 2.45) is 0 Å². The molecule has 94 valence electrons. The fourth-order valence-corrected chi connectivity index (χ4v) is 1.25. The highest BCUT2D eigenvalue weighted by atomic mass is 16.6. The Bertz CT molecular complexity index is 213. The molecule has 0 aromatic heterocycles. The Labute approximate surface area is 97.3 Å². The first-order valence-electron chi connectivity index (χ1n) is 5.99. The Morgan fingerprint density at radius 1 is 1.06 bits per heavy atom. The molecule has 4 nitrogen and oxygen atoms in total. The minimum absolute atomic E-state index is 0.166. The van der Waals surface area contributed by atoms with Crippen molar-refractivity contribution in [1.29, 1.82) is 0 Å². The van der Waals surface area contributed by atoms with Gasteiger partial charge >= 0.3 is 11.9 Å². The van der Waals surface area contributed by atoms with Gasteiger partial charge in [0.1, 0.15) is 6.10 Å². The number of ether oxygens (including phenoxy) is 2. The molecule has 0 fully saturated rings. The molecule has 0 N–H and O–H groups in total. The predicted octanol–water partition coefficient (Wildman–Crippen LogP) is 2.45. The van der Waals surface area contributed by atoms with E-state index >= 15 is 0 Å². The summed E-state index contributed by atoms with van der Waals surface area (Å²) in [6, 6.07) is 0. The summed E-state index contributed by atoms with van der Waals surface area (Å²) in [6.07, 6.45) is 2.56. The standard InChI is InChI=1S/C12H22O4/c1-4-7-10(16-11(13)6-3)9-12(14)15-8-5-2/h10H,4-9H2,1-3H3. The van der Waals surface area contributed by atoms with Crippen LogP contribution in [0.15, 0.2) is 0 Å². The molecule has 0 saturated heterocycles. The van der Waals surface area contributed by atoms with Crippen molar-refractivity contribution in [3.63, 3.8) is 0 Å². The molecule has 0 rings (SSSR count). The molecule has 1 unspecified atom stereocenters.